The van der Waals surface area contributed by atoms with Gasteiger partial charge in [0.15, 0.2) is 0 Å². The van der Waals surface area contributed by atoms with E-state index in [-0.39, 0.29) is 29.5 Å². The van der Waals surface area contributed by atoms with Crippen molar-refractivity contribution in [3.8, 4) is 5.75 Å². The Morgan fingerprint density at radius 3 is 2.54 bits per heavy atom. The molecule has 1 aromatic carbocycles. The standard InChI is InChI=1S/C16H23F3N2O2S/c1-3-4-5-8-22-9-10-23-14-7-6-12(15(24)21-20-2)11-13(14)16(17,18)19/h6-7,11,20H,3-5,8-10H2,1-2H3,(H,21,24). The summed E-state index contributed by atoms with van der Waals surface area (Å²) in [5, 5.41) is 0. The van der Waals surface area contributed by atoms with E-state index in [0.29, 0.717) is 6.61 Å². The highest BCUT2D eigenvalue weighted by atomic mass is 32.1. The number of hydrazine groups is 1. The first-order valence-corrected chi connectivity index (χ1v) is 8.19. The normalized spacial score (nSPS) is 11.4. The first-order valence-electron chi connectivity index (χ1n) is 7.79. The minimum absolute atomic E-state index is 0.0633. The van der Waals surface area contributed by atoms with E-state index < -0.39 is 11.7 Å². The van der Waals surface area contributed by atoms with Crippen LogP contribution in [0.1, 0.15) is 37.3 Å². The van der Waals surface area contributed by atoms with Crippen LogP contribution in [0.3, 0.4) is 0 Å². The van der Waals surface area contributed by atoms with Crippen LogP contribution < -0.4 is 15.6 Å². The number of unbranched alkanes of at least 4 members (excludes halogenated alkanes) is 2. The monoisotopic (exact) mass is 364 g/mol. The van der Waals surface area contributed by atoms with E-state index in [1.165, 1.54) is 12.1 Å². The highest BCUT2D eigenvalue weighted by molar-refractivity contribution is 7.80. The summed E-state index contributed by atoms with van der Waals surface area (Å²) in [6.45, 7) is 2.99. The van der Waals surface area contributed by atoms with Crippen LogP contribution in [0.15, 0.2) is 18.2 Å². The molecule has 0 amide bonds. The summed E-state index contributed by atoms with van der Waals surface area (Å²) in [4.78, 5) is 0.175. The molecule has 0 spiro atoms. The highest BCUT2D eigenvalue weighted by Gasteiger charge is 2.35. The largest absolute Gasteiger partial charge is 0.491 e. The maximum absolute atomic E-state index is 13.2. The zero-order valence-electron chi connectivity index (χ0n) is 13.8. The SMILES string of the molecule is CCCCCOCCOc1ccc(C(=S)NNC)cc1C(F)(F)F. The summed E-state index contributed by atoms with van der Waals surface area (Å²) in [5.41, 5.74) is 4.57. The zero-order valence-corrected chi connectivity index (χ0v) is 14.6. The van der Waals surface area contributed by atoms with Gasteiger partial charge in [0.1, 0.15) is 17.3 Å². The van der Waals surface area contributed by atoms with E-state index in [0.717, 1.165) is 25.3 Å². The molecule has 0 saturated heterocycles. The molecule has 0 aliphatic carbocycles. The van der Waals surface area contributed by atoms with E-state index in [1.807, 2.05) is 0 Å². The number of ether oxygens (including phenoxy) is 2. The average molecular weight is 364 g/mol. The molecule has 0 bridgehead atoms. The number of halogens is 3. The van der Waals surface area contributed by atoms with Gasteiger partial charge in [0.05, 0.1) is 12.2 Å². The van der Waals surface area contributed by atoms with Gasteiger partial charge in [0.2, 0.25) is 0 Å². The average Bonchev–Trinajstić information content (AvgIpc) is 2.53. The van der Waals surface area contributed by atoms with Crippen molar-refractivity contribution in [3.05, 3.63) is 29.3 Å². The first-order chi connectivity index (χ1) is 11.4. The van der Waals surface area contributed by atoms with Crippen molar-refractivity contribution in [1.29, 1.82) is 0 Å². The van der Waals surface area contributed by atoms with Crippen LogP contribution in [-0.4, -0.2) is 31.9 Å². The van der Waals surface area contributed by atoms with Gasteiger partial charge in [-0.25, -0.2) is 5.43 Å². The molecule has 0 aromatic heterocycles. The van der Waals surface area contributed by atoms with Crippen LogP contribution in [0.4, 0.5) is 13.2 Å². The molecule has 4 nitrogen and oxygen atoms in total. The third-order valence-electron chi connectivity index (χ3n) is 3.16. The summed E-state index contributed by atoms with van der Waals surface area (Å²) in [5.74, 6) is -0.226. The summed E-state index contributed by atoms with van der Waals surface area (Å²) in [6, 6.07) is 3.74. The molecule has 136 valence electrons. The molecule has 0 aliphatic rings. The molecule has 0 unspecified atom stereocenters. The summed E-state index contributed by atoms with van der Waals surface area (Å²) in [7, 11) is 1.58. The molecule has 1 rings (SSSR count). The Morgan fingerprint density at radius 1 is 1.17 bits per heavy atom. The molecule has 8 heteroatoms. The Labute approximate surface area is 145 Å². The lowest BCUT2D eigenvalue weighted by Crippen LogP contribution is -2.33. The van der Waals surface area contributed by atoms with Gasteiger partial charge in [-0.3, -0.25) is 0 Å². The second kappa shape index (κ2) is 10.5. The Hall–Kier alpha value is -1.38. The highest BCUT2D eigenvalue weighted by Crippen LogP contribution is 2.36. The summed E-state index contributed by atoms with van der Waals surface area (Å²) >= 11 is 5.00. The van der Waals surface area contributed by atoms with Crippen molar-refractivity contribution in [2.75, 3.05) is 26.9 Å². The van der Waals surface area contributed by atoms with E-state index in [4.69, 9.17) is 21.7 Å². The van der Waals surface area contributed by atoms with Crippen LogP contribution >= 0.6 is 12.2 Å². The maximum atomic E-state index is 13.2. The quantitative estimate of drug-likeness (QED) is 0.377. The Bertz CT molecular complexity index is 525. The van der Waals surface area contributed by atoms with Gasteiger partial charge in [-0.1, -0.05) is 32.0 Å². The Kier molecular flexibility index (Phi) is 9.02. The van der Waals surface area contributed by atoms with E-state index >= 15 is 0 Å². The van der Waals surface area contributed by atoms with Crippen LogP contribution in [0.25, 0.3) is 0 Å². The fraction of sp³-hybridized carbons (Fsp3) is 0.562. The number of hydrogen-bond acceptors (Lipinski definition) is 4. The van der Waals surface area contributed by atoms with E-state index in [9.17, 15) is 13.2 Å². The summed E-state index contributed by atoms with van der Waals surface area (Å²) in [6.07, 6.45) is -1.43. The number of rotatable bonds is 10. The molecule has 0 radical (unpaired) electrons. The Morgan fingerprint density at radius 2 is 1.92 bits per heavy atom. The lowest BCUT2D eigenvalue weighted by molar-refractivity contribution is -0.139. The second-order valence-electron chi connectivity index (χ2n) is 5.08. The lowest BCUT2D eigenvalue weighted by Gasteiger charge is -2.16. The van der Waals surface area contributed by atoms with Crippen molar-refractivity contribution in [1.82, 2.24) is 10.9 Å². The third kappa shape index (κ3) is 7.02. The van der Waals surface area contributed by atoms with Gasteiger partial charge < -0.3 is 14.9 Å². The molecule has 0 atom stereocenters. The molecule has 24 heavy (non-hydrogen) atoms. The van der Waals surface area contributed by atoms with E-state index in [2.05, 4.69) is 17.8 Å². The minimum atomic E-state index is -4.53. The van der Waals surface area contributed by atoms with Crippen molar-refractivity contribution < 1.29 is 22.6 Å². The van der Waals surface area contributed by atoms with Gasteiger partial charge in [0.25, 0.3) is 0 Å². The topological polar surface area (TPSA) is 42.5 Å². The van der Waals surface area contributed by atoms with Crippen molar-refractivity contribution >= 4 is 17.2 Å². The van der Waals surface area contributed by atoms with Crippen molar-refractivity contribution in [2.24, 2.45) is 0 Å². The third-order valence-corrected chi connectivity index (χ3v) is 3.50. The zero-order chi connectivity index (χ0) is 18.0. The number of thiocarbonyl (C=S) groups is 1. The minimum Gasteiger partial charge on any atom is -0.491 e. The van der Waals surface area contributed by atoms with Crippen LogP contribution in [0.5, 0.6) is 5.75 Å². The second-order valence-corrected chi connectivity index (χ2v) is 5.49. The Balaban J connectivity index is 2.67. The predicted octanol–water partition coefficient (Wildman–Crippen LogP) is 3.69. The molecule has 0 heterocycles. The molecule has 0 saturated carbocycles. The fourth-order valence-electron chi connectivity index (χ4n) is 1.97. The fourth-order valence-corrected chi connectivity index (χ4v) is 2.20. The number of benzene rings is 1. The molecule has 1 aromatic rings. The van der Waals surface area contributed by atoms with Crippen LogP contribution in [-0.2, 0) is 10.9 Å². The molecule has 0 aliphatic heterocycles. The summed E-state index contributed by atoms with van der Waals surface area (Å²) < 4.78 is 50.2. The molecule has 0 fully saturated rings. The van der Waals surface area contributed by atoms with E-state index in [1.54, 1.807) is 7.05 Å². The first kappa shape index (κ1) is 20.7. The predicted molar refractivity (Wildman–Crippen MR) is 91.2 cm³/mol. The molecular formula is C16H23F3N2O2S. The van der Waals surface area contributed by atoms with Gasteiger partial charge in [-0.2, -0.15) is 13.2 Å². The van der Waals surface area contributed by atoms with Gasteiger partial charge in [0, 0.05) is 19.2 Å². The van der Waals surface area contributed by atoms with Gasteiger partial charge in [-0.15, -0.1) is 0 Å². The van der Waals surface area contributed by atoms with Gasteiger partial charge in [-0.05, 0) is 24.6 Å². The van der Waals surface area contributed by atoms with Crippen molar-refractivity contribution in [2.45, 2.75) is 32.4 Å². The van der Waals surface area contributed by atoms with Gasteiger partial charge >= 0.3 is 6.18 Å². The molecular weight excluding hydrogens is 341 g/mol. The number of hydrogen-bond donors (Lipinski definition) is 2. The van der Waals surface area contributed by atoms with Crippen LogP contribution in [0, 0.1) is 0 Å². The van der Waals surface area contributed by atoms with Crippen molar-refractivity contribution in [3.63, 3.8) is 0 Å². The lowest BCUT2D eigenvalue weighted by atomic mass is 10.1. The van der Waals surface area contributed by atoms with Crippen LogP contribution in [0.2, 0.25) is 0 Å². The molecule has 2 N–H and O–H groups in total. The number of alkyl halides is 3. The number of nitrogens with one attached hydrogen (secondary N) is 2. The smallest absolute Gasteiger partial charge is 0.419 e. The maximum Gasteiger partial charge on any atom is 0.419 e.